The van der Waals surface area contributed by atoms with Crippen LogP contribution in [-0.2, 0) is 14.3 Å². The van der Waals surface area contributed by atoms with E-state index in [2.05, 4.69) is 5.32 Å². The first-order valence-electron chi connectivity index (χ1n) is 12.0. The molecule has 5 rings (SSSR count). The van der Waals surface area contributed by atoms with Gasteiger partial charge >= 0.3 is 5.97 Å². The van der Waals surface area contributed by atoms with Gasteiger partial charge in [-0.1, -0.05) is 12.1 Å². The Labute approximate surface area is 209 Å². The van der Waals surface area contributed by atoms with E-state index in [9.17, 15) is 9.59 Å². The topological polar surface area (TPSA) is 92.3 Å². The van der Waals surface area contributed by atoms with Crippen LogP contribution in [0.15, 0.2) is 58.9 Å². The molecule has 3 aliphatic rings. The number of benzene rings is 2. The third kappa shape index (κ3) is 4.06. The highest BCUT2D eigenvalue weighted by Gasteiger charge is 2.41. The van der Waals surface area contributed by atoms with Crippen LogP contribution in [0.3, 0.4) is 0 Å². The molecule has 0 bridgehead atoms. The monoisotopic (exact) mass is 491 g/mol. The number of fused-ring (bicyclic) bond motifs is 1. The van der Waals surface area contributed by atoms with Crippen LogP contribution in [0.5, 0.6) is 23.0 Å². The maximum absolute atomic E-state index is 13.7. The lowest BCUT2D eigenvalue weighted by atomic mass is 9.71. The minimum Gasteiger partial charge on any atom is -0.493 e. The summed E-state index contributed by atoms with van der Waals surface area (Å²) in [7, 11) is 2.96. The fourth-order valence-corrected chi connectivity index (χ4v) is 5.29. The standard InChI is InChI=1S/C28H29NO7/c1-5-34-21-8-6-16(12-23(21)32-3)18-10-19-27(20(30)11-18)26(25(15(2)29-19)28(31)33-4)17-7-9-22-24(13-17)36-14-35-22/h6-9,12-13,18,26,29H,5,10-11,14H2,1-4H3/t18-,26-/m1/s1. The Bertz CT molecular complexity index is 1290. The van der Waals surface area contributed by atoms with Gasteiger partial charge in [0.05, 0.1) is 26.4 Å². The fourth-order valence-electron chi connectivity index (χ4n) is 5.29. The summed E-state index contributed by atoms with van der Waals surface area (Å²) in [4.78, 5) is 26.6. The van der Waals surface area contributed by atoms with Crippen molar-refractivity contribution in [2.24, 2.45) is 0 Å². The number of hydrogen-bond acceptors (Lipinski definition) is 8. The Morgan fingerprint density at radius 2 is 1.81 bits per heavy atom. The van der Waals surface area contributed by atoms with E-state index in [0.717, 1.165) is 16.8 Å². The number of carbonyl (C=O) groups excluding carboxylic acids is 2. The van der Waals surface area contributed by atoms with E-state index in [-0.39, 0.29) is 18.5 Å². The number of carbonyl (C=O) groups is 2. The Morgan fingerprint density at radius 1 is 1.03 bits per heavy atom. The SMILES string of the molecule is CCOc1ccc([C@H]2CC(=O)C3=C(C2)NC(C)=C(C(=O)OC)[C@H]3c2ccc3c(c2)OCO3)cc1OC. The number of ether oxygens (including phenoxy) is 5. The lowest BCUT2D eigenvalue weighted by molar-refractivity contribution is -0.136. The van der Waals surface area contributed by atoms with Crippen LogP contribution >= 0.6 is 0 Å². The van der Waals surface area contributed by atoms with Crippen molar-refractivity contribution in [2.45, 2.75) is 38.5 Å². The van der Waals surface area contributed by atoms with Gasteiger partial charge in [0, 0.05) is 29.3 Å². The molecule has 1 N–H and O–H groups in total. The summed E-state index contributed by atoms with van der Waals surface area (Å²) in [5.41, 5.74) is 4.27. The first kappa shape index (κ1) is 23.8. The van der Waals surface area contributed by atoms with Crippen molar-refractivity contribution in [3.63, 3.8) is 0 Å². The molecule has 8 nitrogen and oxygen atoms in total. The Hall–Kier alpha value is -3.94. The number of hydrogen-bond donors (Lipinski definition) is 1. The summed E-state index contributed by atoms with van der Waals surface area (Å²) in [6.07, 6.45) is 0.928. The van der Waals surface area contributed by atoms with Crippen LogP contribution in [0.1, 0.15) is 49.7 Å². The number of dihydropyridines is 1. The molecule has 2 aliphatic heterocycles. The molecule has 0 fully saturated rings. The predicted molar refractivity (Wildman–Crippen MR) is 131 cm³/mol. The van der Waals surface area contributed by atoms with E-state index in [1.54, 1.807) is 7.11 Å². The molecular weight excluding hydrogens is 462 g/mol. The Kier molecular flexibility index (Phi) is 6.35. The second-order valence-electron chi connectivity index (χ2n) is 8.96. The molecule has 2 atom stereocenters. The molecule has 0 saturated carbocycles. The lowest BCUT2D eigenvalue weighted by Gasteiger charge is -2.36. The van der Waals surface area contributed by atoms with Gasteiger partial charge in [-0.3, -0.25) is 4.79 Å². The van der Waals surface area contributed by atoms with Gasteiger partial charge < -0.3 is 29.0 Å². The van der Waals surface area contributed by atoms with Crippen LogP contribution in [0.4, 0.5) is 0 Å². The molecule has 0 saturated heterocycles. The predicted octanol–water partition coefficient (Wildman–Crippen LogP) is 4.36. The number of rotatable bonds is 6. The summed E-state index contributed by atoms with van der Waals surface area (Å²) < 4.78 is 27.3. The molecule has 8 heteroatoms. The van der Waals surface area contributed by atoms with Gasteiger partial charge in [0.25, 0.3) is 0 Å². The molecule has 0 aromatic heterocycles. The van der Waals surface area contributed by atoms with Crippen LogP contribution in [-0.4, -0.2) is 39.4 Å². The van der Waals surface area contributed by atoms with Crippen LogP contribution in [0, 0.1) is 0 Å². The first-order chi connectivity index (χ1) is 17.4. The number of methoxy groups -OCH3 is 2. The third-order valence-corrected chi connectivity index (χ3v) is 6.92. The second-order valence-corrected chi connectivity index (χ2v) is 8.96. The normalized spacial score (nSPS) is 20.6. The molecule has 2 aromatic carbocycles. The molecule has 36 heavy (non-hydrogen) atoms. The zero-order valence-corrected chi connectivity index (χ0v) is 20.8. The van der Waals surface area contributed by atoms with Gasteiger partial charge in [0.15, 0.2) is 28.8 Å². The summed E-state index contributed by atoms with van der Waals surface area (Å²) in [6, 6.07) is 11.3. The summed E-state index contributed by atoms with van der Waals surface area (Å²) in [6.45, 7) is 4.44. The van der Waals surface area contributed by atoms with E-state index < -0.39 is 11.9 Å². The third-order valence-electron chi connectivity index (χ3n) is 6.92. The zero-order chi connectivity index (χ0) is 25.4. The van der Waals surface area contributed by atoms with Crippen molar-refractivity contribution in [3.05, 3.63) is 70.1 Å². The molecule has 0 radical (unpaired) electrons. The highest BCUT2D eigenvalue weighted by Crippen LogP contribution is 2.48. The number of allylic oxidation sites excluding steroid dienone is 3. The van der Waals surface area contributed by atoms with Gasteiger partial charge in [-0.15, -0.1) is 0 Å². The van der Waals surface area contributed by atoms with Gasteiger partial charge in [-0.25, -0.2) is 4.79 Å². The summed E-state index contributed by atoms with van der Waals surface area (Å²) in [5, 5.41) is 3.35. The Balaban J connectivity index is 1.55. The molecule has 0 spiro atoms. The van der Waals surface area contributed by atoms with Gasteiger partial charge in [-0.2, -0.15) is 0 Å². The van der Waals surface area contributed by atoms with Gasteiger partial charge in [-0.05, 0) is 61.6 Å². The highest BCUT2D eigenvalue weighted by molar-refractivity contribution is 6.04. The number of nitrogens with one attached hydrogen (secondary N) is 1. The first-order valence-corrected chi connectivity index (χ1v) is 12.0. The largest absolute Gasteiger partial charge is 0.493 e. The van der Waals surface area contributed by atoms with Crippen molar-refractivity contribution in [1.29, 1.82) is 0 Å². The number of esters is 1. The zero-order valence-electron chi connectivity index (χ0n) is 20.8. The lowest BCUT2D eigenvalue weighted by Crippen LogP contribution is -2.36. The van der Waals surface area contributed by atoms with E-state index in [1.165, 1.54) is 7.11 Å². The molecule has 2 aromatic rings. The molecule has 0 unspecified atom stereocenters. The van der Waals surface area contributed by atoms with Crippen molar-refractivity contribution in [1.82, 2.24) is 5.32 Å². The molecule has 2 heterocycles. The maximum atomic E-state index is 13.7. The van der Waals surface area contributed by atoms with Crippen molar-refractivity contribution < 1.29 is 33.3 Å². The van der Waals surface area contributed by atoms with Gasteiger partial charge in [0.2, 0.25) is 6.79 Å². The van der Waals surface area contributed by atoms with E-state index in [1.807, 2.05) is 50.2 Å². The fraction of sp³-hybridized carbons (Fsp3) is 0.357. The number of ketones is 1. The van der Waals surface area contributed by atoms with Crippen molar-refractivity contribution >= 4 is 11.8 Å². The van der Waals surface area contributed by atoms with Crippen LogP contribution in [0.25, 0.3) is 0 Å². The average Bonchev–Trinajstić information content (AvgIpc) is 3.35. The van der Waals surface area contributed by atoms with Crippen molar-refractivity contribution in [3.8, 4) is 23.0 Å². The quantitative estimate of drug-likeness (QED) is 0.596. The van der Waals surface area contributed by atoms with Crippen molar-refractivity contribution in [2.75, 3.05) is 27.6 Å². The highest BCUT2D eigenvalue weighted by atomic mass is 16.7. The minimum atomic E-state index is -0.563. The maximum Gasteiger partial charge on any atom is 0.336 e. The second kappa shape index (κ2) is 9.60. The minimum absolute atomic E-state index is 0.0156. The molecular formula is C28H29NO7. The number of Topliss-reactive ketones (excluding diaryl/α,β-unsaturated/α-hetero) is 1. The van der Waals surface area contributed by atoms with Crippen LogP contribution < -0.4 is 24.3 Å². The molecule has 0 amide bonds. The smallest absolute Gasteiger partial charge is 0.336 e. The summed E-state index contributed by atoms with van der Waals surface area (Å²) in [5.74, 6) is 1.45. The van der Waals surface area contributed by atoms with Gasteiger partial charge in [0.1, 0.15) is 0 Å². The summed E-state index contributed by atoms with van der Waals surface area (Å²) >= 11 is 0. The van der Waals surface area contributed by atoms with Crippen LogP contribution in [0.2, 0.25) is 0 Å². The van der Waals surface area contributed by atoms with E-state index in [4.69, 9.17) is 23.7 Å². The van der Waals surface area contributed by atoms with E-state index >= 15 is 0 Å². The van der Waals surface area contributed by atoms with E-state index in [0.29, 0.717) is 59.3 Å². The average molecular weight is 492 g/mol. The molecule has 1 aliphatic carbocycles. The Morgan fingerprint density at radius 3 is 2.56 bits per heavy atom. The molecule has 188 valence electrons.